The predicted molar refractivity (Wildman–Crippen MR) is 68.3 cm³/mol. The Morgan fingerprint density at radius 2 is 2.17 bits per heavy atom. The molecule has 0 fully saturated rings. The Bertz CT molecular complexity index is 406. The summed E-state index contributed by atoms with van der Waals surface area (Å²) in [7, 11) is 0. The Hall–Kier alpha value is -1.91. The molecule has 1 atom stereocenters. The number of aromatic nitrogens is 1. The van der Waals surface area contributed by atoms with E-state index >= 15 is 0 Å². The number of nitrogens with two attached hydrogens (primary N) is 1. The van der Waals surface area contributed by atoms with Crippen molar-refractivity contribution in [2.45, 2.75) is 26.8 Å². The van der Waals surface area contributed by atoms with E-state index in [1.807, 2.05) is 26.0 Å². The number of amides is 2. The molecule has 0 saturated carbocycles. The molecule has 2 amide bonds. The van der Waals surface area contributed by atoms with Gasteiger partial charge in [-0.2, -0.15) is 0 Å². The fourth-order valence-corrected chi connectivity index (χ4v) is 1.57. The first-order valence-corrected chi connectivity index (χ1v) is 6.03. The lowest BCUT2D eigenvalue weighted by Crippen LogP contribution is -2.42. The normalized spacial score (nSPS) is 11.9. The van der Waals surface area contributed by atoms with Crippen LogP contribution < -0.4 is 5.73 Å². The zero-order valence-corrected chi connectivity index (χ0v) is 10.8. The number of hydrogen-bond donors (Lipinski definition) is 1. The van der Waals surface area contributed by atoms with Gasteiger partial charge in [0.2, 0.25) is 0 Å². The van der Waals surface area contributed by atoms with Crippen molar-refractivity contribution < 1.29 is 9.59 Å². The fourth-order valence-electron chi connectivity index (χ4n) is 1.57. The fraction of sp³-hybridized carbons (Fsp3) is 0.462. The second-order valence-corrected chi connectivity index (χ2v) is 4.38. The quantitative estimate of drug-likeness (QED) is 0.789. The van der Waals surface area contributed by atoms with Crippen molar-refractivity contribution in [1.29, 1.82) is 0 Å². The summed E-state index contributed by atoms with van der Waals surface area (Å²) in [6.07, 6.45) is 2.59. The molecular formula is C13H19N3O2. The Morgan fingerprint density at radius 1 is 1.44 bits per heavy atom. The molecule has 1 aromatic rings. The minimum absolute atomic E-state index is 0.312. The zero-order chi connectivity index (χ0) is 13.5. The van der Waals surface area contributed by atoms with Gasteiger partial charge in [-0.05, 0) is 18.1 Å². The van der Waals surface area contributed by atoms with E-state index in [2.05, 4.69) is 4.98 Å². The van der Waals surface area contributed by atoms with Crippen molar-refractivity contribution in [1.82, 2.24) is 9.88 Å². The van der Waals surface area contributed by atoms with E-state index in [0.29, 0.717) is 19.0 Å². The Balaban J connectivity index is 2.77. The van der Waals surface area contributed by atoms with Crippen LogP contribution in [0.2, 0.25) is 0 Å². The second kappa shape index (κ2) is 6.74. The van der Waals surface area contributed by atoms with Crippen LogP contribution in [0, 0.1) is 5.92 Å². The molecule has 0 aliphatic heterocycles. The van der Waals surface area contributed by atoms with E-state index in [0.717, 1.165) is 12.1 Å². The average molecular weight is 249 g/mol. The second-order valence-electron chi connectivity index (χ2n) is 4.38. The molecule has 0 spiro atoms. The molecule has 98 valence electrons. The van der Waals surface area contributed by atoms with Gasteiger partial charge in [0, 0.05) is 12.7 Å². The lowest BCUT2D eigenvalue weighted by Gasteiger charge is -2.23. The summed E-state index contributed by atoms with van der Waals surface area (Å²) >= 11 is 0. The summed E-state index contributed by atoms with van der Waals surface area (Å²) in [5.41, 5.74) is 5.80. The van der Waals surface area contributed by atoms with Crippen molar-refractivity contribution in [2.24, 2.45) is 11.7 Å². The first kappa shape index (κ1) is 14.2. The summed E-state index contributed by atoms with van der Waals surface area (Å²) in [5.74, 6) is -1.26. The topological polar surface area (TPSA) is 76.3 Å². The Kier molecular flexibility index (Phi) is 5.30. The van der Waals surface area contributed by atoms with Gasteiger partial charge >= 0.3 is 11.8 Å². The van der Waals surface area contributed by atoms with Crippen LogP contribution in [0.15, 0.2) is 24.4 Å². The van der Waals surface area contributed by atoms with Crippen LogP contribution in [0.3, 0.4) is 0 Å². The number of carbonyl (C=O) groups is 2. The van der Waals surface area contributed by atoms with Crippen molar-refractivity contribution in [3.05, 3.63) is 30.1 Å². The monoisotopic (exact) mass is 249 g/mol. The molecule has 1 aromatic heterocycles. The molecule has 0 bridgehead atoms. The van der Waals surface area contributed by atoms with Crippen LogP contribution in [0.5, 0.6) is 0 Å². The number of primary amides is 1. The van der Waals surface area contributed by atoms with E-state index < -0.39 is 11.8 Å². The van der Waals surface area contributed by atoms with E-state index in [9.17, 15) is 9.59 Å². The number of hydrogen-bond acceptors (Lipinski definition) is 3. The summed E-state index contributed by atoms with van der Waals surface area (Å²) < 4.78 is 0. The van der Waals surface area contributed by atoms with Gasteiger partial charge in [0.25, 0.3) is 0 Å². The maximum atomic E-state index is 11.7. The maximum absolute atomic E-state index is 11.7. The van der Waals surface area contributed by atoms with Gasteiger partial charge in [0.15, 0.2) is 0 Å². The molecule has 0 aliphatic carbocycles. The van der Waals surface area contributed by atoms with Gasteiger partial charge in [-0.15, -0.1) is 0 Å². The molecule has 18 heavy (non-hydrogen) atoms. The van der Waals surface area contributed by atoms with Gasteiger partial charge in [-0.25, -0.2) is 0 Å². The van der Waals surface area contributed by atoms with E-state index in [-0.39, 0.29) is 0 Å². The average Bonchev–Trinajstić information content (AvgIpc) is 2.38. The minimum Gasteiger partial charge on any atom is -0.361 e. The molecule has 5 heteroatoms. The summed E-state index contributed by atoms with van der Waals surface area (Å²) in [6, 6.07) is 5.47. The number of carbonyl (C=O) groups excluding carboxylic acids is 2. The Morgan fingerprint density at radius 3 is 2.67 bits per heavy atom. The molecule has 0 aliphatic rings. The van der Waals surface area contributed by atoms with E-state index in [1.165, 1.54) is 4.90 Å². The van der Waals surface area contributed by atoms with E-state index in [4.69, 9.17) is 5.73 Å². The Labute approximate surface area is 107 Å². The molecule has 0 saturated heterocycles. The predicted octanol–water partition coefficient (Wildman–Crippen LogP) is 0.942. The number of rotatable bonds is 5. The third-order valence-electron chi connectivity index (χ3n) is 2.81. The van der Waals surface area contributed by atoms with Gasteiger partial charge in [0.1, 0.15) is 0 Å². The first-order chi connectivity index (χ1) is 8.54. The molecular weight excluding hydrogens is 230 g/mol. The highest BCUT2D eigenvalue weighted by molar-refractivity contribution is 6.34. The zero-order valence-electron chi connectivity index (χ0n) is 10.8. The number of nitrogens with zero attached hydrogens (tertiary/aromatic N) is 2. The van der Waals surface area contributed by atoms with Gasteiger partial charge < -0.3 is 10.6 Å². The van der Waals surface area contributed by atoms with Crippen LogP contribution in [0.1, 0.15) is 26.0 Å². The molecule has 2 N–H and O–H groups in total. The van der Waals surface area contributed by atoms with Crippen molar-refractivity contribution in [3.8, 4) is 0 Å². The van der Waals surface area contributed by atoms with E-state index in [1.54, 1.807) is 12.3 Å². The SMILES string of the molecule is CC[C@@H](C)CN(Cc1ccccn1)C(=O)C(N)=O. The van der Waals surface area contributed by atoms with Crippen LogP contribution in [-0.2, 0) is 16.1 Å². The molecule has 5 nitrogen and oxygen atoms in total. The van der Waals surface area contributed by atoms with Crippen LogP contribution in [-0.4, -0.2) is 28.2 Å². The molecule has 0 radical (unpaired) electrons. The highest BCUT2D eigenvalue weighted by Crippen LogP contribution is 2.08. The van der Waals surface area contributed by atoms with Gasteiger partial charge in [0.05, 0.1) is 12.2 Å². The molecule has 1 heterocycles. The minimum atomic E-state index is -0.922. The lowest BCUT2D eigenvalue weighted by molar-refractivity contribution is -0.145. The summed E-state index contributed by atoms with van der Waals surface area (Å²) in [5, 5.41) is 0. The number of pyridine rings is 1. The first-order valence-electron chi connectivity index (χ1n) is 6.03. The maximum Gasteiger partial charge on any atom is 0.312 e. The van der Waals surface area contributed by atoms with Crippen LogP contribution in [0.25, 0.3) is 0 Å². The van der Waals surface area contributed by atoms with Gasteiger partial charge in [-0.3, -0.25) is 14.6 Å². The largest absolute Gasteiger partial charge is 0.361 e. The lowest BCUT2D eigenvalue weighted by atomic mass is 10.1. The summed E-state index contributed by atoms with van der Waals surface area (Å²) in [4.78, 5) is 28.3. The highest BCUT2D eigenvalue weighted by atomic mass is 16.2. The third kappa shape index (κ3) is 4.16. The third-order valence-corrected chi connectivity index (χ3v) is 2.81. The van der Waals surface area contributed by atoms with Crippen LogP contribution >= 0.6 is 0 Å². The highest BCUT2D eigenvalue weighted by Gasteiger charge is 2.21. The van der Waals surface area contributed by atoms with Crippen molar-refractivity contribution in [3.63, 3.8) is 0 Å². The molecule has 0 unspecified atom stereocenters. The summed E-state index contributed by atoms with van der Waals surface area (Å²) in [6.45, 7) is 4.89. The standard InChI is InChI=1S/C13H19N3O2/c1-3-10(2)8-16(13(18)12(14)17)9-11-6-4-5-7-15-11/h4-7,10H,3,8-9H2,1-2H3,(H2,14,17)/t10-/m1/s1. The van der Waals surface area contributed by atoms with Gasteiger partial charge in [-0.1, -0.05) is 26.3 Å². The van der Waals surface area contributed by atoms with Crippen LogP contribution in [0.4, 0.5) is 0 Å². The molecule has 0 aromatic carbocycles. The van der Waals surface area contributed by atoms with Crippen molar-refractivity contribution >= 4 is 11.8 Å². The van der Waals surface area contributed by atoms with Crippen molar-refractivity contribution in [2.75, 3.05) is 6.54 Å². The molecule has 1 rings (SSSR count). The smallest absolute Gasteiger partial charge is 0.312 e.